The minimum Gasteiger partial charge on any atom is -0.480 e. The van der Waals surface area contributed by atoms with Crippen molar-refractivity contribution in [1.29, 1.82) is 0 Å². The molecule has 126 valence electrons. The van der Waals surface area contributed by atoms with Crippen LogP contribution in [-0.4, -0.2) is 34.7 Å². The molecular formula is C18H25NO4. The summed E-state index contributed by atoms with van der Waals surface area (Å²) >= 11 is 0. The van der Waals surface area contributed by atoms with Gasteiger partial charge in [0, 0.05) is 6.54 Å². The maximum absolute atomic E-state index is 12.4. The minimum atomic E-state index is -0.957. The number of hydrogen-bond donors (Lipinski definition) is 1. The molecule has 5 heteroatoms. The third-order valence-electron chi connectivity index (χ3n) is 4.44. The number of carboxylic acid groups (broad SMARTS) is 1. The molecule has 0 aliphatic carbocycles. The van der Waals surface area contributed by atoms with Crippen molar-refractivity contribution in [3.63, 3.8) is 0 Å². The van der Waals surface area contributed by atoms with Gasteiger partial charge in [0.15, 0.2) is 0 Å². The molecule has 0 unspecified atom stereocenters. The van der Waals surface area contributed by atoms with Crippen molar-refractivity contribution >= 4 is 12.1 Å². The number of aliphatic carboxylic acids is 1. The molecule has 1 N–H and O–H groups in total. The van der Waals surface area contributed by atoms with E-state index in [1.165, 1.54) is 4.90 Å². The Morgan fingerprint density at radius 3 is 2.48 bits per heavy atom. The fraction of sp³-hybridized carbons (Fsp3) is 0.556. The summed E-state index contributed by atoms with van der Waals surface area (Å²) in [5.41, 5.74) is 0.707. The van der Waals surface area contributed by atoms with Gasteiger partial charge in [0.1, 0.15) is 12.6 Å². The van der Waals surface area contributed by atoms with E-state index in [-0.39, 0.29) is 17.9 Å². The van der Waals surface area contributed by atoms with Gasteiger partial charge in [0.25, 0.3) is 0 Å². The second kappa shape index (κ2) is 7.02. The molecule has 0 spiro atoms. The zero-order valence-electron chi connectivity index (χ0n) is 14.0. The Kier molecular flexibility index (Phi) is 5.29. The summed E-state index contributed by atoms with van der Waals surface area (Å²) in [5, 5.41) is 9.63. The second-order valence-corrected chi connectivity index (χ2v) is 7.13. The van der Waals surface area contributed by atoms with Gasteiger partial charge in [0.2, 0.25) is 0 Å². The van der Waals surface area contributed by atoms with Crippen LogP contribution in [0.15, 0.2) is 30.3 Å². The van der Waals surface area contributed by atoms with Crippen LogP contribution < -0.4 is 0 Å². The first-order valence-corrected chi connectivity index (χ1v) is 8.01. The number of hydrogen-bond acceptors (Lipinski definition) is 3. The molecule has 1 fully saturated rings. The molecule has 1 aromatic rings. The van der Waals surface area contributed by atoms with E-state index in [1.54, 1.807) is 0 Å². The standard InChI is InChI=1S/C18H25NO4/c1-18(2,3)14-10-7-11-19(15(14)16(20)21)17(22)23-12-13-8-5-4-6-9-13/h4-6,8-9,14-15H,7,10-12H2,1-3H3,(H,20,21)/t14-,15+/m1/s1. The molecule has 1 saturated heterocycles. The summed E-state index contributed by atoms with van der Waals surface area (Å²) in [4.78, 5) is 25.5. The molecule has 0 saturated carbocycles. The summed E-state index contributed by atoms with van der Waals surface area (Å²) in [6.45, 7) is 6.64. The van der Waals surface area contributed by atoms with Gasteiger partial charge in [-0.1, -0.05) is 51.1 Å². The highest BCUT2D eigenvalue weighted by molar-refractivity contribution is 5.80. The highest BCUT2D eigenvalue weighted by Crippen LogP contribution is 2.38. The first-order chi connectivity index (χ1) is 10.8. The summed E-state index contributed by atoms with van der Waals surface area (Å²) in [6.07, 6.45) is 1.06. The zero-order chi connectivity index (χ0) is 17.0. The van der Waals surface area contributed by atoms with Crippen LogP contribution in [0, 0.1) is 11.3 Å². The number of ether oxygens (including phenoxy) is 1. The van der Waals surface area contributed by atoms with Crippen LogP contribution in [0.1, 0.15) is 39.2 Å². The van der Waals surface area contributed by atoms with Gasteiger partial charge in [-0.3, -0.25) is 4.90 Å². The lowest BCUT2D eigenvalue weighted by atomic mass is 9.71. The van der Waals surface area contributed by atoms with Crippen LogP contribution in [-0.2, 0) is 16.1 Å². The van der Waals surface area contributed by atoms with Gasteiger partial charge in [-0.25, -0.2) is 9.59 Å². The lowest BCUT2D eigenvalue weighted by Gasteiger charge is -2.43. The first kappa shape index (κ1) is 17.3. The topological polar surface area (TPSA) is 66.8 Å². The van der Waals surface area contributed by atoms with E-state index in [0.717, 1.165) is 18.4 Å². The predicted molar refractivity (Wildman–Crippen MR) is 86.9 cm³/mol. The van der Waals surface area contributed by atoms with Gasteiger partial charge in [0.05, 0.1) is 0 Å². The average Bonchev–Trinajstić information content (AvgIpc) is 2.52. The Balaban J connectivity index is 2.09. The summed E-state index contributed by atoms with van der Waals surface area (Å²) in [6, 6.07) is 8.56. The zero-order valence-corrected chi connectivity index (χ0v) is 14.0. The van der Waals surface area contributed by atoms with Gasteiger partial charge < -0.3 is 9.84 Å². The van der Waals surface area contributed by atoms with Crippen molar-refractivity contribution in [3.8, 4) is 0 Å². The summed E-state index contributed by atoms with van der Waals surface area (Å²) < 4.78 is 5.33. The third kappa shape index (κ3) is 4.24. The molecule has 0 radical (unpaired) electrons. The first-order valence-electron chi connectivity index (χ1n) is 8.01. The van der Waals surface area contributed by atoms with Crippen molar-refractivity contribution in [2.75, 3.05) is 6.54 Å². The SMILES string of the molecule is CC(C)(C)[C@@H]1CCCN(C(=O)OCc2ccccc2)[C@@H]1C(=O)O. The molecular weight excluding hydrogens is 294 g/mol. The molecule has 0 aromatic heterocycles. The molecule has 0 bridgehead atoms. The Hall–Kier alpha value is -2.04. The highest BCUT2D eigenvalue weighted by atomic mass is 16.6. The lowest BCUT2D eigenvalue weighted by Crippen LogP contribution is -2.55. The van der Waals surface area contributed by atoms with Crippen molar-refractivity contribution < 1.29 is 19.4 Å². The number of benzene rings is 1. The van der Waals surface area contributed by atoms with Crippen LogP contribution in [0.2, 0.25) is 0 Å². The maximum Gasteiger partial charge on any atom is 0.410 e. The van der Waals surface area contributed by atoms with Crippen LogP contribution in [0.3, 0.4) is 0 Å². The molecule has 1 heterocycles. The van der Waals surface area contributed by atoms with Crippen LogP contribution in [0.5, 0.6) is 0 Å². The molecule has 2 atom stereocenters. The van der Waals surface area contributed by atoms with E-state index in [1.807, 2.05) is 51.1 Å². The summed E-state index contributed by atoms with van der Waals surface area (Å²) in [5.74, 6) is -1.04. The van der Waals surface area contributed by atoms with E-state index in [0.29, 0.717) is 6.54 Å². The number of carbonyl (C=O) groups is 2. The Labute approximate surface area is 137 Å². The fourth-order valence-corrected chi connectivity index (χ4v) is 3.21. The Bertz CT molecular complexity index is 550. The summed E-state index contributed by atoms with van der Waals surface area (Å²) in [7, 11) is 0. The smallest absolute Gasteiger partial charge is 0.410 e. The van der Waals surface area contributed by atoms with Crippen molar-refractivity contribution in [2.24, 2.45) is 11.3 Å². The number of nitrogens with zero attached hydrogens (tertiary/aromatic N) is 1. The molecule has 5 nitrogen and oxygen atoms in total. The number of likely N-dealkylation sites (tertiary alicyclic amines) is 1. The van der Waals surface area contributed by atoms with Crippen LogP contribution >= 0.6 is 0 Å². The van der Waals surface area contributed by atoms with Crippen molar-refractivity contribution in [2.45, 2.75) is 46.3 Å². The molecule has 1 aliphatic rings. The molecule has 1 amide bonds. The molecule has 1 aliphatic heterocycles. The number of amides is 1. The van der Waals surface area contributed by atoms with E-state index >= 15 is 0 Å². The Morgan fingerprint density at radius 1 is 1.26 bits per heavy atom. The molecule has 1 aromatic carbocycles. The predicted octanol–water partition coefficient (Wildman–Crippen LogP) is 3.53. The van der Waals surface area contributed by atoms with Gasteiger partial charge in [-0.05, 0) is 29.7 Å². The van der Waals surface area contributed by atoms with Crippen LogP contribution in [0.25, 0.3) is 0 Å². The minimum absolute atomic E-state index is 0.0852. The van der Waals surface area contributed by atoms with Crippen molar-refractivity contribution in [3.05, 3.63) is 35.9 Å². The average molecular weight is 319 g/mol. The number of carboxylic acids is 1. The largest absolute Gasteiger partial charge is 0.480 e. The highest BCUT2D eigenvalue weighted by Gasteiger charge is 2.44. The Morgan fingerprint density at radius 2 is 1.91 bits per heavy atom. The van der Waals surface area contributed by atoms with Gasteiger partial charge in [-0.2, -0.15) is 0 Å². The molecule has 2 rings (SSSR count). The van der Waals surface area contributed by atoms with Crippen molar-refractivity contribution in [1.82, 2.24) is 4.90 Å². The van der Waals surface area contributed by atoms with Gasteiger partial charge in [-0.15, -0.1) is 0 Å². The van der Waals surface area contributed by atoms with E-state index in [9.17, 15) is 14.7 Å². The quantitative estimate of drug-likeness (QED) is 0.925. The number of carbonyl (C=O) groups excluding carboxylic acids is 1. The maximum atomic E-state index is 12.4. The number of rotatable bonds is 3. The van der Waals surface area contributed by atoms with Crippen LogP contribution in [0.4, 0.5) is 4.79 Å². The van der Waals surface area contributed by atoms with E-state index < -0.39 is 18.1 Å². The van der Waals surface area contributed by atoms with Gasteiger partial charge >= 0.3 is 12.1 Å². The van der Waals surface area contributed by atoms with E-state index in [4.69, 9.17) is 4.74 Å². The number of piperidine rings is 1. The second-order valence-electron chi connectivity index (χ2n) is 7.13. The molecule has 23 heavy (non-hydrogen) atoms. The normalized spacial score (nSPS) is 21.8. The fourth-order valence-electron chi connectivity index (χ4n) is 3.21. The lowest BCUT2D eigenvalue weighted by molar-refractivity contribution is -0.148. The monoisotopic (exact) mass is 319 g/mol. The van der Waals surface area contributed by atoms with E-state index in [2.05, 4.69) is 0 Å². The third-order valence-corrected chi connectivity index (χ3v) is 4.44.